The molecule has 3 aliphatic rings. The van der Waals surface area contributed by atoms with Crippen LogP contribution < -0.4 is 4.90 Å². The van der Waals surface area contributed by atoms with Gasteiger partial charge in [0.1, 0.15) is 0 Å². The molecule has 9 nitrogen and oxygen atoms in total. The molecule has 172 valence electrons. The first-order chi connectivity index (χ1) is 15.7. The Bertz CT molecular complexity index is 936. The lowest BCUT2D eigenvalue weighted by atomic mass is 10.0. The van der Waals surface area contributed by atoms with Crippen LogP contribution in [-0.4, -0.2) is 74.6 Å². The van der Waals surface area contributed by atoms with Crippen molar-refractivity contribution < 1.29 is 14.6 Å². The highest BCUT2D eigenvalue weighted by molar-refractivity contribution is 5.78. The number of rotatable bonds is 7. The second-order valence-corrected chi connectivity index (χ2v) is 8.94. The molecule has 2 aromatic heterocycles. The van der Waals surface area contributed by atoms with Crippen molar-refractivity contribution in [3.63, 3.8) is 0 Å². The molecule has 3 aliphatic heterocycles. The smallest absolute Gasteiger partial charge is 0.225 e. The van der Waals surface area contributed by atoms with E-state index in [2.05, 4.69) is 9.88 Å². The number of aliphatic hydroxyl groups excluding tert-OH is 1. The van der Waals surface area contributed by atoms with Gasteiger partial charge in [0.2, 0.25) is 11.9 Å². The fourth-order valence-electron chi connectivity index (χ4n) is 5.13. The summed E-state index contributed by atoms with van der Waals surface area (Å²) in [6.45, 7) is 3.88. The molecule has 2 atom stereocenters. The highest BCUT2D eigenvalue weighted by atomic mass is 16.5. The summed E-state index contributed by atoms with van der Waals surface area (Å²) < 4.78 is 7.47. The molecule has 3 fully saturated rings. The van der Waals surface area contributed by atoms with E-state index in [4.69, 9.17) is 14.8 Å². The van der Waals surface area contributed by atoms with E-state index in [0.29, 0.717) is 13.0 Å². The molecule has 32 heavy (non-hydrogen) atoms. The number of hydrogen-bond acceptors (Lipinski definition) is 7. The van der Waals surface area contributed by atoms with Crippen molar-refractivity contribution in [2.45, 2.75) is 63.6 Å². The number of hydrogen-bond donors (Lipinski definition) is 1. The first-order valence-corrected chi connectivity index (χ1v) is 11.9. The molecular formula is C23H32N6O3. The van der Waals surface area contributed by atoms with Gasteiger partial charge in [-0.3, -0.25) is 9.48 Å². The van der Waals surface area contributed by atoms with E-state index in [-0.39, 0.29) is 24.7 Å². The number of carbonyl (C=O) groups is 1. The molecule has 0 aromatic carbocycles. The van der Waals surface area contributed by atoms with Crippen LogP contribution >= 0.6 is 0 Å². The van der Waals surface area contributed by atoms with Crippen LogP contribution in [0, 0.1) is 0 Å². The summed E-state index contributed by atoms with van der Waals surface area (Å²) in [5, 5.41) is 14.3. The van der Waals surface area contributed by atoms with Crippen LogP contribution in [0.25, 0.3) is 11.3 Å². The fourth-order valence-corrected chi connectivity index (χ4v) is 5.13. The third-order valence-electron chi connectivity index (χ3n) is 6.74. The summed E-state index contributed by atoms with van der Waals surface area (Å²) in [5.74, 6) is 0.890. The van der Waals surface area contributed by atoms with Gasteiger partial charge in [-0.05, 0) is 44.6 Å². The van der Waals surface area contributed by atoms with Crippen LogP contribution in [0.4, 0.5) is 5.95 Å². The second-order valence-electron chi connectivity index (χ2n) is 8.94. The van der Waals surface area contributed by atoms with Gasteiger partial charge >= 0.3 is 0 Å². The summed E-state index contributed by atoms with van der Waals surface area (Å²) in [5.41, 5.74) is 2.60. The zero-order chi connectivity index (χ0) is 21.9. The van der Waals surface area contributed by atoms with E-state index in [1.807, 2.05) is 17.2 Å². The Hall–Kier alpha value is -2.52. The fraction of sp³-hybridized carbons (Fsp3) is 0.652. The van der Waals surface area contributed by atoms with Crippen molar-refractivity contribution in [1.29, 1.82) is 0 Å². The van der Waals surface area contributed by atoms with Crippen molar-refractivity contribution in [2.24, 2.45) is 0 Å². The highest BCUT2D eigenvalue weighted by Gasteiger charge is 2.35. The molecule has 0 spiro atoms. The molecule has 5 rings (SSSR count). The predicted octanol–water partition coefficient (Wildman–Crippen LogP) is 2.17. The van der Waals surface area contributed by atoms with Crippen molar-refractivity contribution in [1.82, 2.24) is 24.6 Å². The number of amides is 1. The molecule has 0 saturated carbocycles. The van der Waals surface area contributed by atoms with Crippen LogP contribution in [-0.2, 0) is 16.1 Å². The van der Waals surface area contributed by atoms with Gasteiger partial charge in [-0.2, -0.15) is 5.10 Å². The standard InChI is InChI=1S/C23H32N6O3/c30-13-12-28-16-18(19-7-8-24-23(25-19)27-9-1-2-10-27)22(26-28)20-6-3-11-29(20)21(31)15-17-5-4-14-32-17/h7-8,16-17,20,30H,1-6,9-15H2/t17-,20-/m0/s1. The van der Waals surface area contributed by atoms with Gasteiger partial charge in [0.15, 0.2) is 0 Å². The molecule has 1 amide bonds. The largest absolute Gasteiger partial charge is 0.394 e. The Morgan fingerprint density at radius 3 is 2.81 bits per heavy atom. The molecule has 0 bridgehead atoms. The van der Waals surface area contributed by atoms with Gasteiger partial charge in [0.05, 0.1) is 43.1 Å². The van der Waals surface area contributed by atoms with Crippen LogP contribution in [0.15, 0.2) is 18.5 Å². The van der Waals surface area contributed by atoms with E-state index < -0.39 is 0 Å². The minimum atomic E-state index is -0.0796. The van der Waals surface area contributed by atoms with Gasteiger partial charge in [0.25, 0.3) is 0 Å². The van der Waals surface area contributed by atoms with Gasteiger partial charge in [-0.15, -0.1) is 0 Å². The zero-order valence-electron chi connectivity index (χ0n) is 18.5. The molecular weight excluding hydrogens is 408 g/mol. The highest BCUT2D eigenvalue weighted by Crippen LogP contribution is 2.37. The molecule has 1 N–H and O–H groups in total. The Labute approximate surface area is 188 Å². The Morgan fingerprint density at radius 2 is 2.03 bits per heavy atom. The number of aliphatic hydroxyl groups is 1. The SMILES string of the molecule is O=C(C[C@@H]1CCCO1)N1CCC[C@H]1c1nn(CCO)cc1-c1ccnc(N2CCCC2)n1. The maximum atomic E-state index is 13.1. The summed E-state index contributed by atoms with van der Waals surface area (Å²) in [4.78, 5) is 26.7. The summed E-state index contributed by atoms with van der Waals surface area (Å²) in [7, 11) is 0. The lowest BCUT2D eigenvalue weighted by molar-refractivity contribution is -0.134. The summed E-state index contributed by atoms with van der Waals surface area (Å²) in [6, 6.07) is 1.83. The predicted molar refractivity (Wildman–Crippen MR) is 119 cm³/mol. The van der Waals surface area contributed by atoms with Crippen molar-refractivity contribution in [3.05, 3.63) is 24.2 Å². The molecule has 3 saturated heterocycles. The minimum Gasteiger partial charge on any atom is -0.394 e. The van der Waals surface area contributed by atoms with Crippen molar-refractivity contribution >= 4 is 11.9 Å². The monoisotopic (exact) mass is 440 g/mol. The van der Waals surface area contributed by atoms with Gasteiger partial charge in [-0.25, -0.2) is 9.97 Å². The number of aromatic nitrogens is 4. The second kappa shape index (κ2) is 9.54. The number of carbonyl (C=O) groups excluding carboxylic acids is 1. The quantitative estimate of drug-likeness (QED) is 0.705. The molecule has 0 radical (unpaired) electrons. The molecule has 9 heteroatoms. The summed E-state index contributed by atoms with van der Waals surface area (Å²) >= 11 is 0. The number of likely N-dealkylation sites (tertiary alicyclic amines) is 1. The molecule has 0 aliphatic carbocycles. The number of nitrogens with zero attached hydrogens (tertiary/aromatic N) is 6. The van der Waals surface area contributed by atoms with Gasteiger partial charge < -0.3 is 19.6 Å². The summed E-state index contributed by atoms with van der Waals surface area (Å²) in [6.07, 6.45) is 10.4. The minimum absolute atomic E-state index is 0.00962. The molecule has 2 aromatic rings. The van der Waals surface area contributed by atoms with Gasteiger partial charge in [-0.1, -0.05) is 0 Å². The van der Waals surface area contributed by atoms with E-state index in [1.54, 1.807) is 10.9 Å². The number of anilines is 1. The first kappa shape index (κ1) is 21.3. The lowest BCUT2D eigenvalue weighted by Crippen LogP contribution is -2.33. The number of ether oxygens (including phenoxy) is 1. The first-order valence-electron chi connectivity index (χ1n) is 11.9. The van der Waals surface area contributed by atoms with Crippen LogP contribution in [0.5, 0.6) is 0 Å². The third kappa shape index (κ3) is 4.36. The van der Waals surface area contributed by atoms with Crippen LogP contribution in [0.1, 0.15) is 56.7 Å². The zero-order valence-corrected chi connectivity index (χ0v) is 18.5. The average molecular weight is 441 g/mol. The van der Waals surface area contributed by atoms with Crippen molar-refractivity contribution in [2.75, 3.05) is 37.7 Å². The molecule has 5 heterocycles. The van der Waals surface area contributed by atoms with Crippen molar-refractivity contribution in [3.8, 4) is 11.3 Å². The average Bonchev–Trinajstić information content (AvgIpc) is 3.61. The molecule has 0 unspecified atom stereocenters. The normalized spacial score (nSPS) is 23.4. The van der Waals surface area contributed by atoms with Gasteiger partial charge in [0, 0.05) is 44.2 Å². The van der Waals surface area contributed by atoms with Crippen LogP contribution in [0.2, 0.25) is 0 Å². The Balaban J connectivity index is 1.44. The lowest BCUT2D eigenvalue weighted by Gasteiger charge is -2.25. The van der Waals surface area contributed by atoms with Crippen LogP contribution in [0.3, 0.4) is 0 Å². The third-order valence-corrected chi connectivity index (χ3v) is 6.74. The Kier molecular flexibility index (Phi) is 6.36. The van der Waals surface area contributed by atoms with E-state index >= 15 is 0 Å². The topological polar surface area (TPSA) is 96.6 Å². The maximum Gasteiger partial charge on any atom is 0.225 e. The van der Waals surface area contributed by atoms with E-state index in [9.17, 15) is 9.90 Å². The van der Waals surface area contributed by atoms with E-state index in [0.717, 1.165) is 87.7 Å². The van der Waals surface area contributed by atoms with E-state index in [1.165, 1.54) is 0 Å². The Morgan fingerprint density at radius 1 is 1.16 bits per heavy atom. The maximum absolute atomic E-state index is 13.1.